The highest BCUT2D eigenvalue weighted by Gasteiger charge is 2.58. The molecule has 1 unspecified atom stereocenters. The van der Waals surface area contributed by atoms with Gasteiger partial charge in [-0.3, -0.25) is 4.79 Å². The van der Waals surface area contributed by atoms with E-state index in [1.54, 1.807) is 0 Å². The largest absolute Gasteiger partial charge is 0.487 e. The number of likely N-dealkylation sites (tertiary alicyclic amines) is 1. The van der Waals surface area contributed by atoms with Gasteiger partial charge in [0.1, 0.15) is 11.9 Å². The van der Waals surface area contributed by atoms with E-state index in [-0.39, 0.29) is 29.1 Å². The first kappa shape index (κ1) is 16.8. The Morgan fingerprint density at radius 1 is 1.20 bits per heavy atom. The first-order valence-corrected chi connectivity index (χ1v) is 9.19. The zero-order valence-corrected chi connectivity index (χ0v) is 14.3. The van der Waals surface area contributed by atoms with Crippen LogP contribution < -0.4 is 10.1 Å². The van der Waals surface area contributed by atoms with Gasteiger partial charge in [-0.05, 0) is 49.9 Å². The van der Waals surface area contributed by atoms with Gasteiger partial charge < -0.3 is 15.0 Å². The van der Waals surface area contributed by atoms with Crippen molar-refractivity contribution in [3.8, 4) is 5.75 Å². The Balaban J connectivity index is 1.29. The van der Waals surface area contributed by atoms with Crippen LogP contribution >= 0.6 is 0 Å². The van der Waals surface area contributed by atoms with Crippen molar-refractivity contribution in [2.24, 2.45) is 11.3 Å². The van der Waals surface area contributed by atoms with Crippen LogP contribution in [0.15, 0.2) is 18.2 Å². The molecule has 1 amide bonds. The van der Waals surface area contributed by atoms with Crippen molar-refractivity contribution < 1.29 is 18.3 Å². The average Bonchev–Trinajstić information content (AvgIpc) is 3.31. The van der Waals surface area contributed by atoms with E-state index in [1.807, 2.05) is 4.90 Å². The molecule has 1 atom stereocenters. The van der Waals surface area contributed by atoms with Crippen molar-refractivity contribution in [1.29, 1.82) is 0 Å². The molecule has 6 heteroatoms. The number of nitrogens with one attached hydrogen (secondary N) is 1. The van der Waals surface area contributed by atoms with Gasteiger partial charge in [0.2, 0.25) is 5.91 Å². The summed E-state index contributed by atoms with van der Waals surface area (Å²) in [4.78, 5) is 14.7. The molecule has 3 aliphatic rings. The third-order valence-electron chi connectivity index (χ3n) is 6.03. The third-order valence-corrected chi connectivity index (χ3v) is 6.03. The molecule has 2 heterocycles. The van der Waals surface area contributed by atoms with Crippen molar-refractivity contribution in [2.45, 2.75) is 38.2 Å². The maximum Gasteiger partial charge on any atom is 0.226 e. The van der Waals surface area contributed by atoms with E-state index >= 15 is 0 Å². The van der Waals surface area contributed by atoms with Crippen molar-refractivity contribution in [2.75, 3.05) is 26.2 Å². The number of benzene rings is 1. The minimum absolute atomic E-state index is 0.0852. The smallest absolute Gasteiger partial charge is 0.226 e. The predicted octanol–water partition coefficient (Wildman–Crippen LogP) is 2.72. The second kappa shape index (κ2) is 6.56. The van der Waals surface area contributed by atoms with Crippen LogP contribution in [0.1, 0.15) is 32.1 Å². The van der Waals surface area contributed by atoms with Crippen LogP contribution in [0, 0.1) is 23.0 Å². The van der Waals surface area contributed by atoms with Crippen LogP contribution in [-0.2, 0) is 4.79 Å². The standard InChI is InChI=1S/C19H24F2N2O2/c20-13-1-2-17(16(21)11-13)25-14-3-9-23(10-4-14)18(24)15-12-19(15)5-7-22-8-6-19/h1-2,11,14-15,22H,3-10,12H2. The van der Waals surface area contributed by atoms with Gasteiger partial charge in [0.15, 0.2) is 11.6 Å². The summed E-state index contributed by atoms with van der Waals surface area (Å²) in [6.07, 6.45) is 4.48. The summed E-state index contributed by atoms with van der Waals surface area (Å²) in [7, 11) is 0. The molecule has 4 rings (SSSR count). The van der Waals surface area contributed by atoms with E-state index in [0.29, 0.717) is 25.9 Å². The third kappa shape index (κ3) is 3.36. The van der Waals surface area contributed by atoms with Crippen LogP contribution in [-0.4, -0.2) is 43.1 Å². The van der Waals surface area contributed by atoms with Gasteiger partial charge in [-0.2, -0.15) is 0 Å². The zero-order valence-electron chi connectivity index (χ0n) is 14.3. The van der Waals surface area contributed by atoms with Gasteiger partial charge in [-0.25, -0.2) is 8.78 Å². The number of nitrogens with zero attached hydrogens (tertiary/aromatic N) is 1. The van der Waals surface area contributed by atoms with Gasteiger partial charge in [0, 0.05) is 37.9 Å². The highest BCUT2D eigenvalue weighted by atomic mass is 19.1. The minimum atomic E-state index is -0.677. The van der Waals surface area contributed by atoms with Gasteiger partial charge in [-0.15, -0.1) is 0 Å². The molecule has 136 valence electrons. The molecule has 1 spiro atoms. The van der Waals surface area contributed by atoms with Gasteiger partial charge in [0.05, 0.1) is 0 Å². The van der Waals surface area contributed by atoms with Crippen molar-refractivity contribution in [3.63, 3.8) is 0 Å². The van der Waals surface area contributed by atoms with Crippen LogP contribution in [0.2, 0.25) is 0 Å². The van der Waals surface area contributed by atoms with E-state index in [2.05, 4.69) is 5.32 Å². The summed E-state index contributed by atoms with van der Waals surface area (Å²) in [5.41, 5.74) is 0.257. The van der Waals surface area contributed by atoms with Crippen LogP contribution in [0.25, 0.3) is 0 Å². The van der Waals surface area contributed by atoms with Crippen molar-refractivity contribution in [3.05, 3.63) is 29.8 Å². The van der Waals surface area contributed by atoms with Crippen LogP contribution in [0.5, 0.6) is 5.75 Å². The molecule has 1 aromatic rings. The lowest BCUT2D eigenvalue weighted by Gasteiger charge is -2.33. The van der Waals surface area contributed by atoms with E-state index < -0.39 is 11.6 Å². The first-order valence-electron chi connectivity index (χ1n) is 9.19. The fourth-order valence-electron chi connectivity index (χ4n) is 4.34. The summed E-state index contributed by atoms with van der Waals surface area (Å²) in [6, 6.07) is 3.36. The number of halogens is 2. The lowest BCUT2D eigenvalue weighted by molar-refractivity contribution is -0.135. The molecule has 0 radical (unpaired) electrons. The molecule has 3 fully saturated rings. The summed E-state index contributed by atoms with van der Waals surface area (Å²) in [5, 5.41) is 3.36. The minimum Gasteiger partial charge on any atom is -0.487 e. The maximum absolute atomic E-state index is 13.7. The molecule has 1 aromatic carbocycles. The number of hydrogen-bond donors (Lipinski definition) is 1. The summed E-state index contributed by atoms with van der Waals surface area (Å²) < 4.78 is 32.3. The normalized spacial score (nSPS) is 25.8. The number of amides is 1. The number of carbonyl (C=O) groups excluding carboxylic acids is 1. The second-order valence-corrected chi connectivity index (χ2v) is 7.59. The SMILES string of the molecule is O=C(C1CC12CCNCC2)N1CCC(Oc2ccc(F)cc2F)CC1. The highest BCUT2D eigenvalue weighted by Crippen LogP contribution is 2.59. The van der Waals surface area contributed by atoms with E-state index in [1.165, 1.54) is 12.1 Å². The maximum atomic E-state index is 13.7. The lowest BCUT2D eigenvalue weighted by atomic mass is 9.91. The number of rotatable bonds is 3. The van der Waals surface area contributed by atoms with Crippen molar-refractivity contribution >= 4 is 5.91 Å². The Kier molecular flexibility index (Phi) is 4.40. The van der Waals surface area contributed by atoms with Crippen LogP contribution in [0.4, 0.5) is 8.78 Å². The van der Waals surface area contributed by atoms with Gasteiger partial charge in [0.25, 0.3) is 0 Å². The monoisotopic (exact) mass is 350 g/mol. The summed E-state index contributed by atoms with van der Waals surface area (Å²) in [5.74, 6) is -0.720. The van der Waals surface area contributed by atoms with E-state index in [9.17, 15) is 13.6 Å². The molecular formula is C19H24F2N2O2. The first-order chi connectivity index (χ1) is 12.1. The molecule has 25 heavy (non-hydrogen) atoms. The topological polar surface area (TPSA) is 41.6 Å². The number of ether oxygens (including phenoxy) is 1. The fraction of sp³-hybridized carbons (Fsp3) is 0.632. The van der Waals surface area contributed by atoms with Crippen LogP contribution in [0.3, 0.4) is 0 Å². The molecular weight excluding hydrogens is 326 g/mol. The fourth-order valence-corrected chi connectivity index (χ4v) is 4.34. The Labute approximate surface area is 146 Å². The van der Waals surface area contributed by atoms with Crippen molar-refractivity contribution in [1.82, 2.24) is 10.2 Å². The Morgan fingerprint density at radius 2 is 1.92 bits per heavy atom. The van der Waals surface area contributed by atoms with E-state index in [0.717, 1.165) is 38.4 Å². The molecule has 1 saturated carbocycles. The molecule has 1 N–H and O–H groups in total. The zero-order chi connectivity index (χ0) is 17.4. The quantitative estimate of drug-likeness (QED) is 0.911. The molecule has 1 aliphatic carbocycles. The Hall–Kier alpha value is -1.69. The van der Waals surface area contributed by atoms with Gasteiger partial charge >= 0.3 is 0 Å². The molecule has 2 saturated heterocycles. The molecule has 0 aromatic heterocycles. The second-order valence-electron chi connectivity index (χ2n) is 7.59. The number of piperidine rings is 2. The Bertz CT molecular complexity index is 653. The number of carbonyl (C=O) groups is 1. The van der Waals surface area contributed by atoms with Gasteiger partial charge in [-0.1, -0.05) is 0 Å². The highest BCUT2D eigenvalue weighted by molar-refractivity contribution is 5.82. The molecule has 0 bridgehead atoms. The lowest BCUT2D eigenvalue weighted by Crippen LogP contribution is -2.43. The molecule has 4 nitrogen and oxygen atoms in total. The number of hydrogen-bond acceptors (Lipinski definition) is 3. The average molecular weight is 350 g/mol. The van der Waals surface area contributed by atoms with E-state index in [4.69, 9.17) is 4.74 Å². The Morgan fingerprint density at radius 3 is 2.60 bits per heavy atom. The predicted molar refractivity (Wildman–Crippen MR) is 89.2 cm³/mol. The molecule has 2 aliphatic heterocycles. The summed E-state index contributed by atoms with van der Waals surface area (Å²) >= 11 is 0. The summed E-state index contributed by atoms with van der Waals surface area (Å²) in [6.45, 7) is 3.33.